The molecule has 0 heterocycles. The zero-order valence-corrected chi connectivity index (χ0v) is 9.67. The van der Waals surface area contributed by atoms with E-state index in [4.69, 9.17) is 5.73 Å². The average Bonchev–Trinajstić information content (AvgIpc) is 2.01. The van der Waals surface area contributed by atoms with Crippen molar-refractivity contribution >= 4 is 24.1 Å². The molecule has 1 aromatic carbocycles. The van der Waals surface area contributed by atoms with E-state index < -0.39 is 6.03 Å². The van der Waals surface area contributed by atoms with Gasteiger partial charge in [0.25, 0.3) is 0 Å². The second-order valence-electron chi connectivity index (χ2n) is 3.43. The van der Waals surface area contributed by atoms with Crippen LogP contribution in [0.2, 0.25) is 0 Å². The molecule has 15 heavy (non-hydrogen) atoms. The van der Waals surface area contributed by atoms with E-state index in [1.54, 1.807) is 0 Å². The van der Waals surface area contributed by atoms with E-state index in [1.807, 2.05) is 38.4 Å². The van der Waals surface area contributed by atoms with Gasteiger partial charge in [0, 0.05) is 12.2 Å². The number of benzene rings is 1. The van der Waals surface area contributed by atoms with Gasteiger partial charge in [-0.3, -0.25) is 0 Å². The van der Waals surface area contributed by atoms with Gasteiger partial charge in [0.2, 0.25) is 0 Å². The molecule has 0 aliphatic rings. The summed E-state index contributed by atoms with van der Waals surface area (Å²) in [4.78, 5) is 12.7. The fourth-order valence-corrected chi connectivity index (χ4v) is 1.25. The Balaban J connectivity index is 0.00000196. The molecule has 0 bridgehead atoms. The van der Waals surface area contributed by atoms with Gasteiger partial charge >= 0.3 is 6.03 Å². The molecule has 4 nitrogen and oxygen atoms in total. The normalized spacial score (nSPS) is 9.53. The summed E-state index contributed by atoms with van der Waals surface area (Å²) in [7, 11) is 3.99. The third kappa shape index (κ3) is 5.24. The molecule has 0 fully saturated rings. The number of hydrogen-bond acceptors (Lipinski definition) is 2. The van der Waals surface area contributed by atoms with Gasteiger partial charge in [-0.25, -0.2) is 4.79 Å². The molecule has 0 atom stereocenters. The number of carbonyl (C=O) groups is 1. The molecular weight excluding hydrogens is 214 g/mol. The second kappa shape index (κ2) is 6.27. The summed E-state index contributed by atoms with van der Waals surface area (Å²) in [5, 5.41) is 2.54. The molecule has 0 radical (unpaired) electrons. The summed E-state index contributed by atoms with van der Waals surface area (Å²) in [6.07, 6.45) is 0. The number of nitrogens with two attached hydrogens (primary N) is 1. The maximum atomic E-state index is 10.6. The van der Waals surface area contributed by atoms with Gasteiger partial charge in [-0.05, 0) is 31.8 Å². The monoisotopic (exact) mass is 229 g/mol. The van der Waals surface area contributed by atoms with E-state index in [0.717, 1.165) is 17.8 Å². The molecule has 5 heteroatoms. The molecule has 84 valence electrons. The first-order chi connectivity index (χ1) is 6.58. The highest BCUT2D eigenvalue weighted by molar-refractivity contribution is 5.87. The minimum Gasteiger partial charge on any atom is -0.351 e. The number of nitrogens with one attached hydrogen (secondary N) is 1. The number of nitrogens with zero attached hydrogens (tertiary/aromatic N) is 1. The van der Waals surface area contributed by atoms with E-state index in [9.17, 15) is 4.79 Å². The second-order valence-corrected chi connectivity index (χ2v) is 3.43. The van der Waals surface area contributed by atoms with Gasteiger partial charge in [0.15, 0.2) is 0 Å². The van der Waals surface area contributed by atoms with Gasteiger partial charge < -0.3 is 16.0 Å². The van der Waals surface area contributed by atoms with Crippen molar-refractivity contribution < 1.29 is 4.79 Å². The largest absolute Gasteiger partial charge is 0.351 e. The zero-order chi connectivity index (χ0) is 10.6. The van der Waals surface area contributed by atoms with Crippen LogP contribution in [0.4, 0.5) is 10.5 Å². The van der Waals surface area contributed by atoms with Gasteiger partial charge in [-0.15, -0.1) is 12.4 Å². The highest BCUT2D eigenvalue weighted by Gasteiger charge is 1.98. The van der Waals surface area contributed by atoms with Gasteiger partial charge in [-0.2, -0.15) is 0 Å². The van der Waals surface area contributed by atoms with Crippen LogP contribution in [-0.2, 0) is 6.54 Å². The van der Waals surface area contributed by atoms with Crippen molar-refractivity contribution in [2.75, 3.05) is 19.4 Å². The van der Waals surface area contributed by atoms with E-state index in [0.29, 0.717) is 0 Å². The van der Waals surface area contributed by atoms with Gasteiger partial charge in [0.05, 0.1) is 0 Å². The van der Waals surface area contributed by atoms with Crippen molar-refractivity contribution in [1.29, 1.82) is 0 Å². The molecule has 0 saturated carbocycles. The maximum Gasteiger partial charge on any atom is 0.316 e. The van der Waals surface area contributed by atoms with E-state index >= 15 is 0 Å². The first kappa shape index (κ1) is 13.7. The van der Waals surface area contributed by atoms with E-state index in [2.05, 4.69) is 10.2 Å². The summed E-state index contributed by atoms with van der Waals surface area (Å²) >= 11 is 0. The summed E-state index contributed by atoms with van der Waals surface area (Å²) < 4.78 is 0. The molecule has 0 aliphatic carbocycles. The summed E-state index contributed by atoms with van der Waals surface area (Å²) in [6, 6.07) is 7.08. The Kier molecular flexibility index (Phi) is 5.74. The van der Waals surface area contributed by atoms with Crippen LogP contribution in [0.3, 0.4) is 0 Å². The van der Waals surface area contributed by atoms with Crippen LogP contribution in [0.5, 0.6) is 0 Å². The Morgan fingerprint density at radius 1 is 1.47 bits per heavy atom. The minimum absolute atomic E-state index is 0. The minimum atomic E-state index is -0.535. The van der Waals surface area contributed by atoms with Crippen LogP contribution in [0.15, 0.2) is 24.3 Å². The summed E-state index contributed by atoms with van der Waals surface area (Å²) in [5.41, 5.74) is 6.89. The van der Waals surface area contributed by atoms with Gasteiger partial charge in [0.1, 0.15) is 0 Å². The average molecular weight is 230 g/mol. The van der Waals surface area contributed by atoms with Crippen molar-refractivity contribution in [3.63, 3.8) is 0 Å². The molecule has 2 amide bonds. The van der Waals surface area contributed by atoms with E-state index in [1.165, 1.54) is 0 Å². The lowest BCUT2D eigenvalue weighted by Crippen LogP contribution is -2.19. The zero-order valence-electron chi connectivity index (χ0n) is 8.86. The molecular formula is C10H16ClN3O. The van der Waals surface area contributed by atoms with Crippen molar-refractivity contribution in [1.82, 2.24) is 4.90 Å². The van der Waals surface area contributed by atoms with Gasteiger partial charge in [-0.1, -0.05) is 12.1 Å². The van der Waals surface area contributed by atoms with E-state index in [-0.39, 0.29) is 12.4 Å². The third-order valence-corrected chi connectivity index (χ3v) is 1.69. The molecule has 0 spiro atoms. The molecule has 0 saturated heterocycles. The molecule has 1 rings (SSSR count). The topological polar surface area (TPSA) is 58.4 Å². The number of primary amides is 1. The van der Waals surface area contributed by atoms with Crippen LogP contribution in [-0.4, -0.2) is 25.0 Å². The fourth-order valence-electron chi connectivity index (χ4n) is 1.25. The summed E-state index contributed by atoms with van der Waals surface area (Å²) in [6.45, 7) is 0.842. The Morgan fingerprint density at radius 2 is 2.13 bits per heavy atom. The Bertz CT molecular complexity index is 328. The lowest BCUT2D eigenvalue weighted by molar-refractivity contribution is 0.259. The standard InChI is InChI=1S/C10H15N3O.ClH/c1-13(2)7-8-4-3-5-9(6-8)12-10(11)14;/h3-6H,7H2,1-2H3,(H3,11,12,14);1H. The molecule has 1 aromatic rings. The molecule has 0 aromatic heterocycles. The first-order valence-corrected chi connectivity index (χ1v) is 4.38. The quantitative estimate of drug-likeness (QED) is 0.828. The Labute approximate surface area is 95.9 Å². The number of amides is 2. The SMILES string of the molecule is CN(C)Cc1cccc(NC(N)=O)c1.Cl. The predicted molar refractivity (Wildman–Crippen MR) is 64.3 cm³/mol. The van der Waals surface area contributed by atoms with Crippen molar-refractivity contribution in [3.05, 3.63) is 29.8 Å². The van der Waals surface area contributed by atoms with Crippen molar-refractivity contribution in [2.24, 2.45) is 5.73 Å². The van der Waals surface area contributed by atoms with Crippen LogP contribution in [0.25, 0.3) is 0 Å². The highest BCUT2D eigenvalue weighted by Crippen LogP contribution is 2.11. The lowest BCUT2D eigenvalue weighted by atomic mass is 10.2. The Morgan fingerprint density at radius 3 is 2.67 bits per heavy atom. The van der Waals surface area contributed by atoms with Crippen LogP contribution >= 0.6 is 12.4 Å². The lowest BCUT2D eigenvalue weighted by Gasteiger charge is -2.10. The Hall–Kier alpha value is -1.26. The number of anilines is 1. The number of halogens is 1. The predicted octanol–water partition coefficient (Wildman–Crippen LogP) is 1.66. The smallest absolute Gasteiger partial charge is 0.316 e. The molecule has 0 unspecified atom stereocenters. The molecule has 3 N–H and O–H groups in total. The molecule has 0 aliphatic heterocycles. The van der Waals surface area contributed by atoms with Crippen LogP contribution < -0.4 is 11.1 Å². The number of hydrogen-bond donors (Lipinski definition) is 2. The van der Waals surface area contributed by atoms with Crippen molar-refractivity contribution in [2.45, 2.75) is 6.54 Å². The first-order valence-electron chi connectivity index (χ1n) is 4.38. The number of carbonyl (C=O) groups excluding carboxylic acids is 1. The van der Waals surface area contributed by atoms with Crippen molar-refractivity contribution in [3.8, 4) is 0 Å². The van der Waals surface area contributed by atoms with Crippen LogP contribution in [0.1, 0.15) is 5.56 Å². The van der Waals surface area contributed by atoms with Crippen LogP contribution in [0, 0.1) is 0 Å². The summed E-state index contributed by atoms with van der Waals surface area (Å²) in [5.74, 6) is 0. The number of rotatable bonds is 3. The number of urea groups is 1. The third-order valence-electron chi connectivity index (χ3n) is 1.69. The highest BCUT2D eigenvalue weighted by atomic mass is 35.5. The maximum absolute atomic E-state index is 10.6. The fraction of sp³-hybridized carbons (Fsp3) is 0.300.